The number of hydrogen-bond donors (Lipinski definition) is 0. The van der Waals surface area contributed by atoms with Crippen LogP contribution in [0.1, 0.15) is 28.5 Å². The van der Waals surface area contributed by atoms with E-state index >= 15 is 0 Å². The maximum absolute atomic E-state index is 12.3. The predicted octanol–water partition coefficient (Wildman–Crippen LogP) is 3.71. The molecule has 2 aromatic rings. The second-order valence-electron chi connectivity index (χ2n) is 4.57. The molecule has 0 aliphatic rings. The van der Waals surface area contributed by atoms with Crippen LogP contribution in [0.2, 0.25) is 0 Å². The standard InChI is InChI=1S/C16H16F2N2O2/c1-3-20-11(2)13(10-19-20)14(21)9-8-12-6-4-5-7-15(12)22-16(17)18/h4-10,16H,3H2,1-2H3/b9-8+. The van der Waals surface area contributed by atoms with Gasteiger partial charge in [0, 0.05) is 17.8 Å². The summed E-state index contributed by atoms with van der Waals surface area (Å²) in [5, 5.41) is 4.11. The topological polar surface area (TPSA) is 44.1 Å². The van der Waals surface area contributed by atoms with E-state index in [1.54, 1.807) is 22.9 Å². The quantitative estimate of drug-likeness (QED) is 0.603. The minimum absolute atomic E-state index is 0.0301. The fourth-order valence-corrected chi connectivity index (χ4v) is 2.08. The van der Waals surface area contributed by atoms with Crippen molar-refractivity contribution in [2.75, 3.05) is 0 Å². The molecule has 0 unspecified atom stereocenters. The number of ketones is 1. The SMILES string of the molecule is CCn1ncc(C(=O)/C=C/c2ccccc2OC(F)F)c1C. The highest BCUT2D eigenvalue weighted by Gasteiger charge is 2.12. The molecule has 0 aliphatic carbocycles. The minimum Gasteiger partial charge on any atom is -0.434 e. The van der Waals surface area contributed by atoms with Crippen molar-refractivity contribution in [2.24, 2.45) is 0 Å². The van der Waals surface area contributed by atoms with E-state index in [9.17, 15) is 13.6 Å². The Bertz CT molecular complexity index is 693. The molecule has 0 spiro atoms. The smallest absolute Gasteiger partial charge is 0.387 e. The lowest BCUT2D eigenvalue weighted by Gasteiger charge is -2.07. The van der Waals surface area contributed by atoms with E-state index in [-0.39, 0.29) is 11.5 Å². The average Bonchev–Trinajstić information content (AvgIpc) is 2.86. The van der Waals surface area contributed by atoms with Gasteiger partial charge in [-0.15, -0.1) is 0 Å². The first-order valence-corrected chi connectivity index (χ1v) is 6.81. The molecule has 0 saturated heterocycles. The monoisotopic (exact) mass is 306 g/mol. The molecule has 0 radical (unpaired) electrons. The Morgan fingerprint density at radius 1 is 1.41 bits per heavy atom. The fraction of sp³-hybridized carbons (Fsp3) is 0.250. The number of ether oxygens (including phenoxy) is 1. The summed E-state index contributed by atoms with van der Waals surface area (Å²) in [6.45, 7) is 1.51. The van der Waals surface area contributed by atoms with Gasteiger partial charge in [0.05, 0.1) is 11.8 Å². The van der Waals surface area contributed by atoms with Crippen LogP contribution in [0.5, 0.6) is 5.75 Å². The summed E-state index contributed by atoms with van der Waals surface area (Å²) >= 11 is 0. The number of aromatic nitrogens is 2. The van der Waals surface area contributed by atoms with Gasteiger partial charge >= 0.3 is 6.61 Å². The number of alkyl halides is 2. The Balaban J connectivity index is 2.21. The first-order valence-electron chi connectivity index (χ1n) is 6.81. The zero-order chi connectivity index (χ0) is 16.1. The van der Waals surface area contributed by atoms with Gasteiger partial charge in [0.1, 0.15) is 5.75 Å². The summed E-state index contributed by atoms with van der Waals surface area (Å²) < 4.78 is 30.8. The van der Waals surface area contributed by atoms with Crippen LogP contribution < -0.4 is 4.74 Å². The number of aryl methyl sites for hydroxylation is 1. The largest absolute Gasteiger partial charge is 0.434 e. The molecule has 0 atom stereocenters. The van der Waals surface area contributed by atoms with Crippen molar-refractivity contribution in [1.82, 2.24) is 9.78 Å². The molecule has 2 rings (SSSR count). The second-order valence-corrected chi connectivity index (χ2v) is 4.57. The Labute approximate surface area is 127 Å². The first kappa shape index (κ1) is 15.9. The highest BCUT2D eigenvalue weighted by Crippen LogP contribution is 2.22. The lowest BCUT2D eigenvalue weighted by molar-refractivity contribution is -0.0499. The van der Waals surface area contributed by atoms with Crippen LogP contribution in [0.3, 0.4) is 0 Å². The molecule has 0 saturated carbocycles. The lowest BCUT2D eigenvalue weighted by atomic mass is 10.1. The number of benzene rings is 1. The van der Waals surface area contributed by atoms with E-state index in [1.807, 2.05) is 13.8 Å². The van der Waals surface area contributed by atoms with Crippen molar-refractivity contribution < 1.29 is 18.3 Å². The predicted molar refractivity (Wildman–Crippen MR) is 79.1 cm³/mol. The molecule has 1 heterocycles. The molecular weight excluding hydrogens is 290 g/mol. The van der Waals surface area contributed by atoms with Crippen molar-refractivity contribution >= 4 is 11.9 Å². The number of carbonyl (C=O) groups excluding carboxylic acids is 1. The number of nitrogens with zero attached hydrogens (tertiary/aromatic N) is 2. The summed E-state index contributed by atoms with van der Waals surface area (Å²) in [4.78, 5) is 12.2. The first-order chi connectivity index (χ1) is 10.5. The summed E-state index contributed by atoms with van der Waals surface area (Å²) in [7, 11) is 0. The summed E-state index contributed by atoms with van der Waals surface area (Å²) in [6.07, 6.45) is 4.30. The minimum atomic E-state index is -2.91. The molecule has 0 amide bonds. The molecule has 22 heavy (non-hydrogen) atoms. The van der Waals surface area contributed by atoms with Crippen LogP contribution in [0.25, 0.3) is 6.08 Å². The Morgan fingerprint density at radius 2 is 2.14 bits per heavy atom. The van der Waals surface area contributed by atoms with Gasteiger partial charge in [0.15, 0.2) is 5.78 Å². The van der Waals surface area contributed by atoms with Crippen molar-refractivity contribution in [1.29, 1.82) is 0 Å². The molecule has 0 fully saturated rings. The van der Waals surface area contributed by atoms with E-state index in [4.69, 9.17) is 0 Å². The summed E-state index contributed by atoms with van der Waals surface area (Å²) in [5.41, 5.74) is 1.68. The van der Waals surface area contributed by atoms with Crippen LogP contribution in [-0.2, 0) is 6.54 Å². The van der Waals surface area contributed by atoms with Gasteiger partial charge in [-0.25, -0.2) is 0 Å². The number of allylic oxidation sites excluding steroid dienone is 1. The van der Waals surface area contributed by atoms with Gasteiger partial charge in [0.2, 0.25) is 0 Å². The lowest BCUT2D eigenvalue weighted by Crippen LogP contribution is -2.03. The zero-order valence-electron chi connectivity index (χ0n) is 12.3. The Kier molecular flexibility index (Phi) is 5.04. The highest BCUT2D eigenvalue weighted by molar-refractivity contribution is 6.07. The molecule has 0 N–H and O–H groups in total. The van der Waals surface area contributed by atoms with Gasteiger partial charge in [-0.05, 0) is 32.1 Å². The average molecular weight is 306 g/mol. The van der Waals surface area contributed by atoms with Gasteiger partial charge in [-0.2, -0.15) is 13.9 Å². The van der Waals surface area contributed by atoms with E-state index < -0.39 is 6.61 Å². The van der Waals surface area contributed by atoms with Crippen molar-refractivity contribution in [3.63, 3.8) is 0 Å². The molecule has 4 nitrogen and oxygen atoms in total. The summed E-state index contributed by atoms with van der Waals surface area (Å²) in [5.74, 6) is -0.202. The van der Waals surface area contributed by atoms with Crippen molar-refractivity contribution in [2.45, 2.75) is 27.0 Å². The van der Waals surface area contributed by atoms with Crippen LogP contribution in [0.15, 0.2) is 36.5 Å². The normalized spacial score (nSPS) is 11.3. The molecular formula is C16H16F2N2O2. The van der Waals surface area contributed by atoms with Crippen LogP contribution in [-0.4, -0.2) is 22.2 Å². The molecule has 0 aliphatic heterocycles. The van der Waals surface area contributed by atoms with E-state index in [2.05, 4.69) is 9.84 Å². The number of rotatable bonds is 6. The van der Waals surface area contributed by atoms with Gasteiger partial charge in [0.25, 0.3) is 0 Å². The molecule has 6 heteroatoms. The number of halogens is 2. The second kappa shape index (κ2) is 6.98. The fourth-order valence-electron chi connectivity index (χ4n) is 2.08. The molecule has 0 bridgehead atoms. The Morgan fingerprint density at radius 3 is 2.77 bits per heavy atom. The third-order valence-corrected chi connectivity index (χ3v) is 3.22. The Hall–Kier alpha value is -2.50. The third-order valence-electron chi connectivity index (χ3n) is 3.22. The number of carbonyl (C=O) groups is 1. The van der Waals surface area contributed by atoms with Gasteiger partial charge < -0.3 is 4.74 Å². The zero-order valence-corrected chi connectivity index (χ0v) is 12.3. The van der Waals surface area contributed by atoms with Crippen molar-refractivity contribution in [3.05, 3.63) is 53.4 Å². The van der Waals surface area contributed by atoms with Crippen LogP contribution in [0.4, 0.5) is 8.78 Å². The van der Waals surface area contributed by atoms with E-state index in [0.29, 0.717) is 17.7 Å². The van der Waals surface area contributed by atoms with Gasteiger partial charge in [-0.3, -0.25) is 9.48 Å². The van der Waals surface area contributed by atoms with E-state index in [0.717, 1.165) is 5.69 Å². The molecule has 1 aromatic heterocycles. The van der Waals surface area contributed by atoms with Crippen LogP contribution >= 0.6 is 0 Å². The third kappa shape index (κ3) is 3.58. The number of para-hydroxylation sites is 1. The maximum atomic E-state index is 12.3. The highest BCUT2D eigenvalue weighted by atomic mass is 19.3. The summed E-state index contributed by atoms with van der Waals surface area (Å²) in [6, 6.07) is 6.30. The molecule has 116 valence electrons. The van der Waals surface area contributed by atoms with Gasteiger partial charge in [-0.1, -0.05) is 18.2 Å². The maximum Gasteiger partial charge on any atom is 0.387 e. The number of hydrogen-bond acceptors (Lipinski definition) is 3. The van der Waals surface area contributed by atoms with Crippen LogP contribution in [0, 0.1) is 6.92 Å². The van der Waals surface area contributed by atoms with E-state index in [1.165, 1.54) is 24.4 Å². The molecule has 1 aromatic carbocycles. The van der Waals surface area contributed by atoms with Crippen molar-refractivity contribution in [3.8, 4) is 5.75 Å².